The van der Waals surface area contributed by atoms with Gasteiger partial charge in [-0.1, -0.05) is 20.4 Å². The molecule has 0 radical (unpaired) electrons. The molecule has 0 atom stereocenters. The Bertz CT molecular complexity index is 54.3. The molecular weight excluding hydrogens is 114 g/mol. The van der Waals surface area contributed by atoms with Crippen molar-refractivity contribution in [1.82, 2.24) is 16.0 Å². The minimum Gasteiger partial charge on any atom is -0.314 e. The number of hydrogen-bond donors (Lipinski definition) is 2. The first-order valence-corrected chi connectivity index (χ1v) is 3.09. The number of hydrogen-bond acceptors (Lipinski definition) is 3. The predicted octanol–water partition coefficient (Wildman–Crippen LogP) is 0.727. The van der Waals surface area contributed by atoms with Crippen molar-refractivity contribution in [2.75, 3.05) is 14.1 Å². The Morgan fingerprint density at radius 3 is 2.00 bits per heavy atom. The van der Waals surface area contributed by atoms with Gasteiger partial charge in [-0.3, -0.25) is 0 Å². The van der Waals surface area contributed by atoms with Crippen LogP contribution in [-0.4, -0.2) is 19.2 Å². The summed E-state index contributed by atoms with van der Waals surface area (Å²) >= 11 is 0. The van der Waals surface area contributed by atoms with Crippen LogP contribution in [0.1, 0.15) is 13.8 Å². The highest BCUT2D eigenvalue weighted by Gasteiger charge is 1.79. The van der Waals surface area contributed by atoms with Crippen LogP contribution in [0.5, 0.6) is 0 Å². The molecule has 0 fully saturated rings. The Balaban J connectivity index is 0. The standard InChI is InChI=1S/C4H11N3.C2H6/c1-4-6-7(3)5-2;1-2/h4-6H,1H2,2-3H3;1-2H3. The van der Waals surface area contributed by atoms with Gasteiger partial charge in [0, 0.05) is 20.3 Å². The molecule has 0 saturated carbocycles. The van der Waals surface area contributed by atoms with E-state index in [0.29, 0.717) is 0 Å². The van der Waals surface area contributed by atoms with Crippen LogP contribution in [-0.2, 0) is 0 Å². The number of rotatable bonds is 3. The maximum Gasteiger partial charge on any atom is 0.0224 e. The van der Waals surface area contributed by atoms with Crippen molar-refractivity contribution in [3.05, 3.63) is 12.8 Å². The summed E-state index contributed by atoms with van der Waals surface area (Å²) in [7, 11) is 3.66. The Morgan fingerprint density at radius 2 is 1.89 bits per heavy atom. The van der Waals surface area contributed by atoms with Gasteiger partial charge >= 0.3 is 0 Å². The van der Waals surface area contributed by atoms with Crippen molar-refractivity contribution >= 4 is 0 Å². The smallest absolute Gasteiger partial charge is 0.0224 e. The molecule has 3 heteroatoms. The van der Waals surface area contributed by atoms with E-state index in [1.807, 2.05) is 27.9 Å². The lowest BCUT2D eigenvalue weighted by molar-refractivity contribution is 0.207. The van der Waals surface area contributed by atoms with Crippen molar-refractivity contribution < 1.29 is 0 Å². The second-order valence-corrected chi connectivity index (χ2v) is 1.12. The van der Waals surface area contributed by atoms with E-state index in [0.717, 1.165) is 0 Å². The van der Waals surface area contributed by atoms with E-state index in [2.05, 4.69) is 17.4 Å². The predicted molar refractivity (Wildman–Crippen MR) is 41.5 cm³/mol. The van der Waals surface area contributed by atoms with Gasteiger partial charge in [0.25, 0.3) is 0 Å². The molecule has 3 nitrogen and oxygen atoms in total. The third kappa shape index (κ3) is 11.2. The molecule has 0 bridgehead atoms. The van der Waals surface area contributed by atoms with Crippen LogP contribution in [0, 0.1) is 0 Å². The molecule has 9 heavy (non-hydrogen) atoms. The van der Waals surface area contributed by atoms with Crippen molar-refractivity contribution in [2.45, 2.75) is 13.8 Å². The molecule has 0 rings (SSSR count). The first kappa shape index (κ1) is 11.3. The van der Waals surface area contributed by atoms with Crippen LogP contribution in [0.2, 0.25) is 0 Å². The van der Waals surface area contributed by atoms with Crippen LogP contribution in [0.3, 0.4) is 0 Å². The zero-order valence-corrected chi connectivity index (χ0v) is 6.73. The fourth-order valence-corrected chi connectivity index (χ4v) is 0.201. The average Bonchev–Trinajstić information content (AvgIpc) is 1.93. The normalized spacial score (nSPS) is 7.67. The Kier molecular flexibility index (Phi) is 13.1. The van der Waals surface area contributed by atoms with E-state index in [4.69, 9.17) is 0 Å². The number of nitrogens with zero attached hydrogens (tertiary/aromatic N) is 1. The van der Waals surface area contributed by atoms with Gasteiger partial charge in [-0.15, -0.1) is 0 Å². The molecule has 0 aliphatic heterocycles. The lowest BCUT2D eigenvalue weighted by Crippen LogP contribution is -2.39. The first-order chi connectivity index (χ1) is 4.31. The van der Waals surface area contributed by atoms with Gasteiger partial charge in [-0.05, 0) is 0 Å². The molecule has 2 N–H and O–H groups in total. The highest BCUT2D eigenvalue weighted by atomic mass is 15.7. The molecule has 0 aromatic rings. The fourth-order valence-electron chi connectivity index (χ4n) is 0.201. The zero-order chi connectivity index (χ0) is 7.70. The summed E-state index contributed by atoms with van der Waals surface area (Å²) < 4.78 is 0. The second kappa shape index (κ2) is 10.4. The highest BCUT2D eigenvalue weighted by Crippen LogP contribution is 1.58. The van der Waals surface area contributed by atoms with Crippen molar-refractivity contribution in [2.24, 2.45) is 0 Å². The Labute approximate surface area is 57.7 Å². The van der Waals surface area contributed by atoms with Crippen LogP contribution >= 0.6 is 0 Å². The Morgan fingerprint density at radius 1 is 1.44 bits per heavy atom. The molecule has 56 valence electrons. The molecule has 0 amide bonds. The summed E-state index contributed by atoms with van der Waals surface area (Å²) in [5, 5.41) is 1.69. The van der Waals surface area contributed by atoms with E-state index >= 15 is 0 Å². The maximum absolute atomic E-state index is 3.46. The lowest BCUT2D eigenvalue weighted by Gasteiger charge is -2.12. The van der Waals surface area contributed by atoms with Gasteiger partial charge in [0.05, 0.1) is 0 Å². The van der Waals surface area contributed by atoms with Gasteiger partial charge < -0.3 is 5.43 Å². The lowest BCUT2D eigenvalue weighted by atomic mass is 11.0. The first-order valence-electron chi connectivity index (χ1n) is 3.09. The molecular formula is C6H17N3. The van der Waals surface area contributed by atoms with E-state index in [1.54, 1.807) is 11.3 Å². The van der Waals surface area contributed by atoms with Crippen molar-refractivity contribution in [1.29, 1.82) is 0 Å². The van der Waals surface area contributed by atoms with Gasteiger partial charge in [0.2, 0.25) is 0 Å². The Hall–Kier alpha value is -0.540. The maximum atomic E-state index is 3.46. The highest BCUT2D eigenvalue weighted by molar-refractivity contribution is 4.56. The summed E-state index contributed by atoms with van der Waals surface area (Å²) in [6.07, 6.45) is 1.59. The van der Waals surface area contributed by atoms with E-state index in [-0.39, 0.29) is 0 Å². The summed E-state index contributed by atoms with van der Waals surface area (Å²) in [5.74, 6) is 0. The third-order valence-corrected chi connectivity index (χ3v) is 0.620. The molecule has 0 aliphatic rings. The minimum absolute atomic E-state index is 1.59. The average molecular weight is 131 g/mol. The van der Waals surface area contributed by atoms with Crippen molar-refractivity contribution in [3.8, 4) is 0 Å². The van der Waals surface area contributed by atoms with E-state index in [9.17, 15) is 0 Å². The van der Waals surface area contributed by atoms with E-state index in [1.165, 1.54) is 0 Å². The third-order valence-electron chi connectivity index (χ3n) is 0.620. The quantitative estimate of drug-likeness (QED) is 0.553. The van der Waals surface area contributed by atoms with Gasteiger partial charge in [-0.2, -0.15) is 5.12 Å². The topological polar surface area (TPSA) is 27.3 Å². The fraction of sp³-hybridized carbons (Fsp3) is 0.667. The SMILES string of the molecule is C=CNN(C)NC.CC. The van der Waals surface area contributed by atoms with Gasteiger partial charge in [0.15, 0.2) is 0 Å². The van der Waals surface area contributed by atoms with Gasteiger partial charge in [0.1, 0.15) is 0 Å². The molecule has 0 aromatic heterocycles. The number of nitrogens with one attached hydrogen (secondary N) is 2. The summed E-state index contributed by atoms with van der Waals surface area (Å²) in [6.45, 7) is 7.46. The molecule has 0 spiro atoms. The molecule has 0 saturated heterocycles. The summed E-state index contributed by atoms with van der Waals surface area (Å²) in [4.78, 5) is 0. The van der Waals surface area contributed by atoms with Crippen LogP contribution < -0.4 is 10.9 Å². The van der Waals surface area contributed by atoms with E-state index < -0.39 is 0 Å². The summed E-state index contributed by atoms with van der Waals surface area (Å²) in [6, 6.07) is 0. The van der Waals surface area contributed by atoms with Crippen molar-refractivity contribution in [3.63, 3.8) is 0 Å². The summed E-state index contributed by atoms with van der Waals surface area (Å²) in [5.41, 5.74) is 5.60. The monoisotopic (exact) mass is 131 g/mol. The van der Waals surface area contributed by atoms with Crippen LogP contribution in [0.15, 0.2) is 12.8 Å². The molecule has 0 heterocycles. The largest absolute Gasteiger partial charge is 0.314 e. The zero-order valence-electron chi connectivity index (χ0n) is 6.73. The molecule has 0 aliphatic carbocycles. The molecule has 0 unspecified atom stereocenters. The number of hydrazine groups is 2. The van der Waals surface area contributed by atoms with Gasteiger partial charge in [-0.25, -0.2) is 5.43 Å². The molecule has 0 aromatic carbocycles. The van der Waals surface area contributed by atoms with Crippen LogP contribution in [0.25, 0.3) is 0 Å². The minimum atomic E-state index is 1.59. The van der Waals surface area contributed by atoms with Crippen LogP contribution in [0.4, 0.5) is 0 Å². The second-order valence-electron chi connectivity index (χ2n) is 1.12.